The number of aliphatic hydroxyl groups excluding tert-OH is 1. The molecule has 0 atom stereocenters. The summed E-state index contributed by atoms with van der Waals surface area (Å²) in [6.45, 7) is 4.92. The maximum atomic E-state index is 9.14. The second-order valence-corrected chi connectivity index (χ2v) is 3.77. The number of aliphatic hydroxyl groups is 1. The molecule has 6 nitrogen and oxygen atoms in total. The van der Waals surface area contributed by atoms with Crippen LogP contribution < -0.4 is 16.2 Å². The molecule has 17 heavy (non-hydrogen) atoms. The second-order valence-electron chi connectivity index (χ2n) is 3.77. The van der Waals surface area contributed by atoms with E-state index in [-0.39, 0.29) is 6.61 Å². The number of rotatable bonds is 7. The van der Waals surface area contributed by atoms with Gasteiger partial charge in [-0.3, -0.25) is 5.43 Å². The Morgan fingerprint density at radius 3 is 2.71 bits per heavy atom. The summed E-state index contributed by atoms with van der Waals surface area (Å²) in [6, 6.07) is 2.19. The first-order valence-corrected chi connectivity index (χ1v) is 5.93. The first-order valence-electron chi connectivity index (χ1n) is 5.93. The van der Waals surface area contributed by atoms with Crippen LogP contribution in [0.4, 0.5) is 11.8 Å². The molecular formula is C11H21N5O. The highest BCUT2D eigenvalue weighted by Crippen LogP contribution is 2.18. The molecule has 0 aliphatic heterocycles. The molecule has 0 amide bonds. The average molecular weight is 239 g/mol. The number of nitrogen functional groups attached to an aromatic ring is 1. The Hall–Kier alpha value is -1.40. The fourth-order valence-corrected chi connectivity index (χ4v) is 1.90. The number of nitrogens with zero attached hydrogens (tertiary/aromatic N) is 3. The molecule has 0 saturated heterocycles. The molecule has 96 valence electrons. The number of hydrazine groups is 1. The average Bonchev–Trinajstić information content (AvgIpc) is 2.39. The lowest BCUT2D eigenvalue weighted by Crippen LogP contribution is -2.37. The van der Waals surface area contributed by atoms with Gasteiger partial charge < -0.3 is 10.0 Å². The molecule has 0 fully saturated rings. The van der Waals surface area contributed by atoms with Crippen molar-refractivity contribution in [2.24, 2.45) is 5.84 Å². The highest BCUT2D eigenvalue weighted by atomic mass is 16.3. The molecule has 6 heteroatoms. The van der Waals surface area contributed by atoms with Gasteiger partial charge in [-0.15, -0.1) is 0 Å². The molecule has 1 heterocycles. The van der Waals surface area contributed by atoms with Gasteiger partial charge in [0.25, 0.3) is 0 Å². The molecule has 4 N–H and O–H groups in total. The molecule has 0 aromatic carbocycles. The van der Waals surface area contributed by atoms with Gasteiger partial charge in [0, 0.05) is 18.8 Å². The predicted octanol–water partition coefficient (Wildman–Crippen LogP) is 0.749. The Bertz CT molecular complexity index is 329. The number of hydrogen-bond donors (Lipinski definition) is 3. The number of nitrogens with two attached hydrogens (primary N) is 1. The Labute approximate surface area is 102 Å². The van der Waals surface area contributed by atoms with Crippen LogP contribution in [0.1, 0.15) is 26.7 Å². The van der Waals surface area contributed by atoms with Gasteiger partial charge in [0.2, 0.25) is 5.95 Å². The van der Waals surface area contributed by atoms with Crippen molar-refractivity contribution < 1.29 is 5.11 Å². The van der Waals surface area contributed by atoms with Crippen LogP contribution >= 0.6 is 0 Å². The minimum Gasteiger partial charge on any atom is -0.395 e. The van der Waals surface area contributed by atoms with Gasteiger partial charge >= 0.3 is 0 Å². The lowest BCUT2D eigenvalue weighted by molar-refractivity contribution is 0.295. The third kappa shape index (κ3) is 3.54. The van der Waals surface area contributed by atoms with Gasteiger partial charge in [-0.2, -0.15) is 4.98 Å². The second kappa shape index (κ2) is 7.03. The van der Waals surface area contributed by atoms with Crippen LogP contribution in [-0.4, -0.2) is 34.3 Å². The Morgan fingerprint density at radius 2 is 2.18 bits per heavy atom. The zero-order chi connectivity index (χ0) is 12.7. The van der Waals surface area contributed by atoms with Crippen molar-refractivity contribution in [2.75, 3.05) is 23.5 Å². The normalized spacial score (nSPS) is 10.6. The summed E-state index contributed by atoms with van der Waals surface area (Å²) >= 11 is 0. The van der Waals surface area contributed by atoms with Crippen molar-refractivity contribution in [3.8, 4) is 0 Å². The van der Waals surface area contributed by atoms with Crippen LogP contribution in [0.2, 0.25) is 0 Å². The lowest BCUT2D eigenvalue weighted by Gasteiger charge is -2.31. The predicted molar refractivity (Wildman–Crippen MR) is 68.6 cm³/mol. The summed E-state index contributed by atoms with van der Waals surface area (Å²) in [5.74, 6) is 6.46. The van der Waals surface area contributed by atoms with Gasteiger partial charge in [-0.25, -0.2) is 10.8 Å². The van der Waals surface area contributed by atoms with Crippen molar-refractivity contribution >= 4 is 11.8 Å². The van der Waals surface area contributed by atoms with Crippen LogP contribution in [0.25, 0.3) is 0 Å². The standard InChI is InChI=1S/C11H21N5O/c1-3-9(4-2)16(7-8-17)10-5-6-13-11(14-10)15-12/h5-6,9,17H,3-4,7-8,12H2,1-2H3,(H,13,14,15). The van der Waals surface area contributed by atoms with Gasteiger partial charge in [-0.1, -0.05) is 13.8 Å². The van der Waals surface area contributed by atoms with E-state index in [1.807, 2.05) is 6.07 Å². The first-order chi connectivity index (χ1) is 8.26. The highest BCUT2D eigenvalue weighted by molar-refractivity contribution is 5.43. The van der Waals surface area contributed by atoms with E-state index in [0.29, 0.717) is 18.5 Å². The van der Waals surface area contributed by atoms with Crippen LogP contribution in [0.15, 0.2) is 12.3 Å². The van der Waals surface area contributed by atoms with E-state index >= 15 is 0 Å². The monoisotopic (exact) mass is 239 g/mol. The summed E-state index contributed by atoms with van der Waals surface area (Å²) in [6.07, 6.45) is 3.67. The third-order valence-electron chi connectivity index (χ3n) is 2.79. The minimum absolute atomic E-state index is 0.103. The van der Waals surface area contributed by atoms with Gasteiger partial charge in [0.15, 0.2) is 0 Å². The highest BCUT2D eigenvalue weighted by Gasteiger charge is 2.16. The lowest BCUT2D eigenvalue weighted by atomic mass is 10.1. The molecule has 0 aliphatic rings. The van der Waals surface area contributed by atoms with E-state index in [9.17, 15) is 0 Å². The molecular weight excluding hydrogens is 218 g/mol. The van der Waals surface area contributed by atoms with Crippen LogP contribution in [0.5, 0.6) is 0 Å². The molecule has 0 aliphatic carbocycles. The number of anilines is 2. The van der Waals surface area contributed by atoms with Crippen LogP contribution in [0, 0.1) is 0 Å². The molecule has 0 saturated carbocycles. The molecule has 0 radical (unpaired) electrons. The third-order valence-corrected chi connectivity index (χ3v) is 2.79. The number of aromatic nitrogens is 2. The maximum absolute atomic E-state index is 9.14. The van der Waals surface area contributed by atoms with Crippen molar-refractivity contribution in [1.82, 2.24) is 9.97 Å². The molecule has 1 aromatic rings. The summed E-state index contributed by atoms with van der Waals surface area (Å²) in [5, 5.41) is 9.14. The van der Waals surface area contributed by atoms with E-state index in [1.54, 1.807) is 6.20 Å². The summed E-state index contributed by atoms with van der Waals surface area (Å²) < 4.78 is 0. The van der Waals surface area contributed by atoms with Gasteiger partial charge in [0.05, 0.1) is 6.61 Å². The Balaban J connectivity index is 2.94. The SMILES string of the molecule is CCC(CC)N(CCO)c1ccnc(NN)n1. The summed E-state index contributed by atoms with van der Waals surface area (Å²) in [7, 11) is 0. The van der Waals surface area contributed by atoms with E-state index in [4.69, 9.17) is 10.9 Å². The van der Waals surface area contributed by atoms with Crippen LogP contribution in [0.3, 0.4) is 0 Å². The minimum atomic E-state index is 0.103. The molecule has 1 rings (SSSR count). The first kappa shape index (κ1) is 13.7. The zero-order valence-corrected chi connectivity index (χ0v) is 10.4. The summed E-state index contributed by atoms with van der Waals surface area (Å²) in [5.41, 5.74) is 2.43. The van der Waals surface area contributed by atoms with E-state index in [2.05, 4.69) is 34.1 Å². The number of hydrogen-bond acceptors (Lipinski definition) is 6. The van der Waals surface area contributed by atoms with Crippen molar-refractivity contribution in [1.29, 1.82) is 0 Å². The van der Waals surface area contributed by atoms with Crippen molar-refractivity contribution in [3.05, 3.63) is 12.3 Å². The molecule has 0 unspecified atom stereocenters. The van der Waals surface area contributed by atoms with E-state index < -0.39 is 0 Å². The Morgan fingerprint density at radius 1 is 1.47 bits per heavy atom. The fraction of sp³-hybridized carbons (Fsp3) is 0.636. The van der Waals surface area contributed by atoms with Crippen molar-refractivity contribution in [3.63, 3.8) is 0 Å². The van der Waals surface area contributed by atoms with E-state index in [1.165, 1.54) is 0 Å². The van der Waals surface area contributed by atoms with E-state index in [0.717, 1.165) is 18.7 Å². The Kier molecular flexibility index (Phi) is 5.65. The van der Waals surface area contributed by atoms with Crippen molar-refractivity contribution in [2.45, 2.75) is 32.7 Å². The largest absolute Gasteiger partial charge is 0.395 e. The molecule has 1 aromatic heterocycles. The molecule has 0 bridgehead atoms. The van der Waals surface area contributed by atoms with Crippen LogP contribution in [-0.2, 0) is 0 Å². The zero-order valence-electron chi connectivity index (χ0n) is 10.4. The number of nitrogens with one attached hydrogen (secondary N) is 1. The summed E-state index contributed by atoms with van der Waals surface area (Å²) in [4.78, 5) is 10.4. The maximum Gasteiger partial charge on any atom is 0.239 e. The quantitative estimate of drug-likeness (QED) is 0.481. The van der Waals surface area contributed by atoms with Gasteiger partial charge in [0.1, 0.15) is 5.82 Å². The molecule has 0 spiro atoms. The topological polar surface area (TPSA) is 87.3 Å². The van der Waals surface area contributed by atoms with Gasteiger partial charge in [-0.05, 0) is 18.9 Å². The fourth-order valence-electron chi connectivity index (χ4n) is 1.90. The smallest absolute Gasteiger partial charge is 0.239 e.